The maximum absolute atomic E-state index is 13.8. The van der Waals surface area contributed by atoms with E-state index < -0.39 is 35.8 Å². The summed E-state index contributed by atoms with van der Waals surface area (Å²) in [5.41, 5.74) is -1.25. The lowest BCUT2D eigenvalue weighted by Gasteiger charge is -2.29. The van der Waals surface area contributed by atoms with E-state index in [1.54, 1.807) is 28.9 Å². The highest BCUT2D eigenvalue weighted by Crippen LogP contribution is 2.48. The summed E-state index contributed by atoms with van der Waals surface area (Å²) in [6.45, 7) is 0. The van der Waals surface area contributed by atoms with Gasteiger partial charge in [-0.15, -0.1) is 0 Å². The monoisotopic (exact) mass is 357 g/mol. The molecule has 3 heterocycles. The number of halogens is 5. The molecule has 4 nitrogen and oxygen atoms in total. The second kappa shape index (κ2) is 5.04. The Kier molecular flexibility index (Phi) is 3.24. The number of fused-ring (bicyclic) bond motifs is 2. The third-order valence-corrected chi connectivity index (χ3v) is 4.48. The summed E-state index contributed by atoms with van der Waals surface area (Å²) in [5.74, 6) is -3.60. The lowest BCUT2D eigenvalue weighted by atomic mass is 9.89. The number of aromatic nitrogens is 3. The average molecular weight is 357 g/mol. The van der Waals surface area contributed by atoms with Gasteiger partial charge in [0.1, 0.15) is 6.10 Å². The molecular weight excluding hydrogens is 345 g/mol. The van der Waals surface area contributed by atoms with E-state index in [0.29, 0.717) is 11.3 Å². The van der Waals surface area contributed by atoms with Crippen molar-refractivity contribution in [2.24, 2.45) is 0 Å². The normalized spacial score (nSPS) is 20.0. The molecule has 0 aliphatic heterocycles. The first-order valence-corrected chi connectivity index (χ1v) is 7.49. The Labute approximate surface area is 138 Å². The summed E-state index contributed by atoms with van der Waals surface area (Å²) in [4.78, 5) is 4.11. The molecule has 1 N–H and O–H groups in total. The first kappa shape index (κ1) is 16.1. The van der Waals surface area contributed by atoms with Crippen LogP contribution in [-0.2, 0) is 12.6 Å². The number of rotatable bonds is 1. The zero-order chi connectivity index (χ0) is 18.0. The maximum atomic E-state index is 13.8. The van der Waals surface area contributed by atoms with Gasteiger partial charge in [-0.1, -0.05) is 0 Å². The van der Waals surface area contributed by atoms with Gasteiger partial charge in [0.2, 0.25) is 0 Å². The Bertz CT molecular complexity index is 956. The zero-order valence-corrected chi connectivity index (χ0v) is 12.6. The second-order valence-electron chi connectivity index (χ2n) is 5.99. The van der Waals surface area contributed by atoms with E-state index in [1.807, 2.05) is 0 Å². The predicted octanol–water partition coefficient (Wildman–Crippen LogP) is 3.76. The predicted molar refractivity (Wildman–Crippen MR) is 77.7 cm³/mol. The molecule has 9 heteroatoms. The molecular formula is C16H12F5N3O. The van der Waals surface area contributed by atoms with Crippen LogP contribution in [0.1, 0.15) is 29.3 Å². The number of nitrogens with zero attached hydrogens (tertiary/aromatic N) is 3. The minimum Gasteiger partial charge on any atom is -0.382 e. The van der Waals surface area contributed by atoms with E-state index in [0.717, 1.165) is 6.20 Å². The van der Waals surface area contributed by atoms with Crippen LogP contribution in [0.4, 0.5) is 22.0 Å². The van der Waals surface area contributed by atoms with Crippen molar-refractivity contribution in [3.8, 4) is 5.69 Å². The Balaban J connectivity index is 2.02. The fourth-order valence-corrected chi connectivity index (χ4v) is 3.32. The third-order valence-electron chi connectivity index (χ3n) is 4.48. The van der Waals surface area contributed by atoms with Crippen molar-refractivity contribution < 1.29 is 27.1 Å². The van der Waals surface area contributed by atoms with E-state index in [2.05, 4.69) is 4.98 Å². The first-order valence-electron chi connectivity index (χ1n) is 7.49. The minimum absolute atomic E-state index is 0.0295. The lowest BCUT2D eigenvalue weighted by molar-refractivity contribution is -0.147. The molecule has 0 amide bonds. The first-order chi connectivity index (χ1) is 11.7. The van der Waals surface area contributed by atoms with Crippen LogP contribution in [0.2, 0.25) is 0 Å². The highest BCUT2D eigenvalue weighted by molar-refractivity contribution is 5.61. The van der Waals surface area contributed by atoms with Crippen LogP contribution in [0.15, 0.2) is 36.9 Å². The molecule has 0 saturated carbocycles. The number of hydrogen-bond donors (Lipinski definition) is 1. The molecule has 0 fully saturated rings. The maximum Gasteiger partial charge on any atom is 0.418 e. The van der Waals surface area contributed by atoms with E-state index in [4.69, 9.17) is 0 Å². The van der Waals surface area contributed by atoms with Crippen LogP contribution in [0.3, 0.4) is 0 Å². The standard InChI is InChI=1S/C16H12F5N3O/c17-15(18)4-3-10-12(13(15)25)9(16(19,20)21)8-24(10)11-2-1-6-23-7-5-22-14(11)23/h1-2,5-8,13,25H,3-4H2. The number of hydrogen-bond acceptors (Lipinski definition) is 2. The van der Waals surface area contributed by atoms with E-state index >= 15 is 0 Å². The van der Waals surface area contributed by atoms with Crippen molar-refractivity contribution in [2.75, 3.05) is 0 Å². The molecule has 1 unspecified atom stereocenters. The SMILES string of the molecule is OC1c2c(C(F)(F)F)cn(-c3cccn4ccnc34)c2CCC1(F)F. The molecule has 1 aliphatic rings. The van der Waals surface area contributed by atoms with Crippen molar-refractivity contribution in [1.29, 1.82) is 0 Å². The summed E-state index contributed by atoms with van der Waals surface area (Å²) in [6.07, 6.45) is -2.80. The van der Waals surface area contributed by atoms with Gasteiger partial charge in [0.05, 0.1) is 11.3 Å². The highest BCUT2D eigenvalue weighted by Gasteiger charge is 2.50. The molecule has 3 aromatic rings. The second-order valence-corrected chi connectivity index (χ2v) is 5.99. The van der Waals surface area contributed by atoms with E-state index in [-0.39, 0.29) is 12.1 Å². The summed E-state index contributed by atoms with van der Waals surface area (Å²) in [7, 11) is 0. The van der Waals surface area contributed by atoms with Gasteiger partial charge in [-0.3, -0.25) is 0 Å². The van der Waals surface area contributed by atoms with Crippen molar-refractivity contribution in [3.63, 3.8) is 0 Å². The molecule has 3 aromatic heterocycles. The topological polar surface area (TPSA) is 42.5 Å². The van der Waals surface area contributed by atoms with Crippen LogP contribution in [0, 0.1) is 0 Å². The summed E-state index contributed by atoms with van der Waals surface area (Å²) < 4.78 is 70.6. The lowest BCUT2D eigenvalue weighted by Crippen LogP contribution is -2.33. The van der Waals surface area contributed by atoms with Crippen LogP contribution in [0.5, 0.6) is 0 Å². The van der Waals surface area contributed by atoms with Crippen LogP contribution >= 0.6 is 0 Å². The molecule has 132 valence electrons. The Hall–Kier alpha value is -2.42. The van der Waals surface area contributed by atoms with Gasteiger partial charge in [-0.25, -0.2) is 13.8 Å². The van der Waals surface area contributed by atoms with Gasteiger partial charge >= 0.3 is 6.18 Å². The van der Waals surface area contributed by atoms with Gasteiger partial charge < -0.3 is 14.1 Å². The highest BCUT2D eigenvalue weighted by atomic mass is 19.4. The molecule has 0 aromatic carbocycles. The smallest absolute Gasteiger partial charge is 0.382 e. The van der Waals surface area contributed by atoms with E-state index in [1.165, 1.54) is 10.8 Å². The van der Waals surface area contributed by atoms with Crippen molar-refractivity contribution >= 4 is 5.65 Å². The number of pyridine rings is 1. The Morgan fingerprint density at radius 3 is 2.72 bits per heavy atom. The zero-order valence-electron chi connectivity index (χ0n) is 12.6. The molecule has 1 atom stereocenters. The molecule has 0 spiro atoms. The largest absolute Gasteiger partial charge is 0.418 e. The molecule has 0 saturated heterocycles. The molecule has 0 bridgehead atoms. The summed E-state index contributed by atoms with van der Waals surface area (Å²) in [5, 5.41) is 9.88. The Morgan fingerprint density at radius 1 is 1.24 bits per heavy atom. The molecule has 4 rings (SSSR count). The molecule has 25 heavy (non-hydrogen) atoms. The summed E-state index contributed by atoms with van der Waals surface area (Å²) >= 11 is 0. The van der Waals surface area contributed by atoms with Gasteiger partial charge in [0.15, 0.2) is 5.65 Å². The number of alkyl halides is 5. The summed E-state index contributed by atoms with van der Waals surface area (Å²) in [6, 6.07) is 3.18. The van der Waals surface area contributed by atoms with Crippen LogP contribution in [-0.4, -0.2) is 25.0 Å². The fraction of sp³-hybridized carbons (Fsp3) is 0.312. The van der Waals surface area contributed by atoms with Gasteiger partial charge in [-0.05, 0) is 18.6 Å². The van der Waals surface area contributed by atoms with Crippen molar-refractivity contribution in [3.05, 3.63) is 53.7 Å². The van der Waals surface area contributed by atoms with Gasteiger partial charge in [-0.2, -0.15) is 13.2 Å². The van der Waals surface area contributed by atoms with Crippen LogP contribution < -0.4 is 0 Å². The molecule has 1 aliphatic carbocycles. The van der Waals surface area contributed by atoms with Crippen molar-refractivity contribution in [1.82, 2.24) is 14.0 Å². The quantitative estimate of drug-likeness (QED) is 0.674. The Morgan fingerprint density at radius 2 is 2.00 bits per heavy atom. The van der Waals surface area contributed by atoms with E-state index in [9.17, 15) is 27.1 Å². The average Bonchev–Trinajstić information content (AvgIpc) is 3.14. The van der Waals surface area contributed by atoms with Gasteiger partial charge in [0, 0.05) is 42.5 Å². The fourth-order valence-electron chi connectivity index (χ4n) is 3.32. The third kappa shape index (κ3) is 2.33. The number of imidazole rings is 1. The number of aliphatic hydroxyl groups is 1. The van der Waals surface area contributed by atoms with Gasteiger partial charge in [0.25, 0.3) is 5.92 Å². The number of aliphatic hydroxyl groups excluding tert-OH is 1. The minimum atomic E-state index is -4.86. The van der Waals surface area contributed by atoms with Crippen LogP contribution in [0.25, 0.3) is 11.3 Å². The van der Waals surface area contributed by atoms with Crippen molar-refractivity contribution in [2.45, 2.75) is 31.0 Å². The molecule has 0 radical (unpaired) electrons.